The summed E-state index contributed by atoms with van der Waals surface area (Å²) >= 11 is 0. The lowest BCUT2D eigenvalue weighted by Crippen LogP contribution is -2.25. The maximum atomic E-state index is 9.70. The lowest BCUT2D eigenvalue weighted by molar-refractivity contribution is 0.0586. The molecule has 2 unspecified atom stereocenters. The highest BCUT2D eigenvalue weighted by Crippen LogP contribution is 2.32. The van der Waals surface area contributed by atoms with E-state index in [2.05, 4.69) is 0 Å². The van der Waals surface area contributed by atoms with Crippen LogP contribution in [0.2, 0.25) is 0 Å². The van der Waals surface area contributed by atoms with E-state index < -0.39 is 6.10 Å². The van der Waals surface area contributed by atoms with Crippen LogP contribution in [-0.4, -0.2) is 24.4 Å². The standard InChI is InChI=1S/C13H15NO3/c1-16-13-7-9(8-14)5-6-12(13)17-11-4-2-3-10(11)15/h5-7,10-11,15H,2-4H2,1H3. The smallest absolute Gasteiger partial charge is 0.162 e. The van der Waals surface area contributed by atoms with E-state index in [-0.39, 0.29) is 6.10 Å². The number of benzene rings is 1. The summed E-state index contributed by atoms with van der Waals surface area (Å²) in [6, 6.07) is 7.07. The summed E-state index contributed by atoms with van der Waals surface area (Å²) in [4.78, 5) is 0. The fraction of sp³-hybridized carbons (Fsp3) is 0.462. The third-order valence-electron chi connectivity index (χ3n) is 2.99. The zero-order valence-electron chi connectivity index (χ0n) is 9.72. The first kappa shape index (κ1) is 11.7. The molecule has 0 aliphatic heterocycles. The van der Waals surface area contributed by atoms with Crippen molar-refractivity contribution < 1.29 is 14.6 Å². The van der Waals surface area contributed by atoms with Crippen molar-refractivity contribution in [3.63, 3.8) is 0 Å². The van der Waals surface area contributed by atoms with Gasteiger partial charge in [0.05, 0.1) is 24.8 Å². The molecule has 1 aliphatic carbocycles. The Morgan fingerprint density at radius 1 is 1.35 bits per heavy atom. The van der Waals surface area contributed by atoms with Gasteiger partial charge in [-0.05, 0) is 31.4 Å². The largest absolute Gasteiger partial charge is 0.493 e. The second kappa shape index (κ2) is 5.07. The van der Waals surface area contributed by atoms with Crippen LogP contribution in [0.15, 0.2) is 18.2 Å². The van der Waals surface area contributed by atoms with Crippen molar-refractivity contribution in [3.05, 3.63) is 23.8 Å². The highest BCUT2D eigenvalue weighted by Gasteiger charge is 2.27. The number of hydrogen-bond acceptors (Lipinski definition) is 4. The van der Waals surface area contributed by atoms with Crippen LogP contribution in [0.1, 0.15) is 24.8 Å². The molecule has 4 heteroatoms. The quantitative estimate of drug-likeness (QED) is 0.865. The van der Waals surface area contributed by atoms with Crippen LogP contribution in [0, 0.1) is 11.3 Å². The van der Waals surface area contributed by atoms with E-state index in [1.807, 2.05) is 6.07 Å². The topological polar surface area (TPSA) is 62.5 Å². The van der Waals surface area contributed by atoms with Crippen molar-refractivity contribution in [1.82, 2.24) is 0 Å². The van der Waals surface area contributed by atoms with Crippen molar-refractivity contribution in [2.75, 3.05) is 7.11 Å². The molecule has 2 rings (SSSR count). The van der Waals surface area contributed by atoms with Crippen LogP contribution < -0.4 is 9.47 Å². The van der Waals surface area contributed by atoms with E-state index in [1.165, 1.54) is 7.11 Å². The second-order valence-corrected chi connectivity index (χ2v) is 4.13. The minimum absolute atomic E-state index is 0.170. The Hall–Kier alpha value is -1.73. The number of nitriles is 1. The lowest BCUT2D eigenvalue weighted by Gasteiger charge is -2.18. The van der Waals surface area contributed by atoms with Gasteiger partial charge in [-0.2, -0.15) is 5.26 Å². The average Bonchev–Trinajstić information content (AvgIpc) is 2.75. The van der Waals surface area contributed by atoms with Crippen molar-refractivity contribution >= 4 is 0 Å². The third kappa shape index (κ3) is 2.51. The summed E-state index contributed by atoms with van der Waals surface area (Å²) in [5.74, 6) is 1.11. The monoisotopic (exact) mass is 233 g/mol. The molecule has 1 N–H and O–H groups in total. The maximum Gasteiger partial charge on any atom is 0.162 e. The van der Waals surface area contributed by atoms with Crippen molar-refractivity contribution in [2.45, 2.75) is 31.5 Å². The highest BCUT2D eigenvalue weighted by molar-refractivity contribution is 5.46. The molecule has 0 spiro atoms. The number of rotatable bonds is 3. The molecule has 1 saturated carbocycles. The minimum Gasteiger partial charge on any atom is -0.493 e. The molecule has 1 fully saturated rings. The molecule has 0 amide bonds. The fourth-order valence-electron chi connectivity index (χ4n) is 2.04. The van der Waals surface area contributed by atoms with Gasteiger partial charge in [0.25, 0.3) is 0 Å². The molecular formula is C13H15NO3. The molecule has 1 aliphatic rings. The Labute approximate surface area is 100 Å². The molecule has 0 bridgehead atoms. The molecule has 0 radical (unpaired) electrons. The predicted molar refractivity (Wildman–Crippen MR) is 62.0 cm³/mol. The number of aliphatic hydroxyl groups excluding tert-OH is 1. The number of aliphatic hydroxyl groups is 1. The third-order valence-corrected chi connectivity index (χ3v) is 2.99. The molecule has 0 heterocycles. The zero-order chi connectivity index (χ0) is 12.3. The Morgan fingerprint density at radius 3 is 2.76 bits per heavy atom. The Balaban J connectivity index is 2.18. The van der Waals surface area contributed by atoms with Crippen LogP contribution >= 0.6 is 0 Å². The average molecular weight is 233 g/mol. The fourth-order valence-corrected chi connectivity index (χ4v) is 2.04. The van der Waals surface area contributed by atoms with E-state index in [4.69, 9.17) is 14.7 Å². The van der Waals surface area contributed by atoms with E-state index in [9.17, 15) is 5.11 Å². The first-order valence-electron chi connectivity index (χ1n) is 5.67. The Kier molecular flexibility index (Phi) is 3.50. The van der Waals surface area contributed by atoms with Crippen LogP contribution in [-0.2, 0) is 0 Å². The SMILES string of the molecule is COc1cc(C#N)ccc1OC1CCCC1O. The van der Waals surface area contributed by atoms with Gasteiger partial charge in [0.1, 0.15) is 6.10 Å². The van der Waals surface area contributed by atoms with Crippen molar-refractivity contribution in [2.24, 2.45) is 0 Å². The summed E-state index contributed by atoms with van der Waals surface area (Å²) in [5.41, 5.74) is 0.529. The van der Waals surface area contributed by atoms with Gasteiger partial charge in [0, 0.05) is 6.07 Å². The summed E-state index contributed by atoms with van der Waals surface area (Å²) in [6.07, 6.45) is 2.03. The Morgan fingerprint density at radius 2 is 2.18 bits per heavy atom. The van der Waals surface area contributed by atoms with Gasteiger partial charge in [-0.25, -0.2) is 0 Å². The molecule has 17 heavy (non-hydrogen) atoms. The molecule has 90 valence electrons. The highest BCUT2D eigenvalue weighted by atomic mass is 16.5. The van der Waals surface area contributed by atoms with Crippen LogP contribution in [0.25, 0.3) is 0 Å². The summed E-state index contributed by atoms with van der Waals surface area (Å²) < 4.78 is 10.9. The number of nitrogens with zero attached hydrogens (tertiary/aromatic N) is 1. The molecule has 0 aromatic heterocycles. The number of ether oxygens (including phenoxy) is 2. The van der Waals surface area contributed by atoms with E-state index in [0.29, 0.717) is 17.1 Å². The number of methoxy groups -OCH3 is 1. The van der Waals surface area contributed by atoms with E-state index in [0.717, 1.165) is 19.3 Å². The molecule has 4 nitrogen and oxygen atoms in total. The predicted octanol–water partition coefficient (Wildman–Crippen LogP) is 1.86. The molecule has 2 atom stereocenters. The normalized spacial score (nSPS) is 23.1. The van der Waals surface area contributed by atoms with Gasteiger partial charge in [-0.15, -0.1) is 0 Å². The minimum atomic E-state index is -0.407. The molecule has 1 aromatic rings. The molecule has 0 saturated heterocycles. The summed E-state index contributed by atoms with van der Waals surface area (Å²) in [6.45, 7) is 0. The maximum absolute atomic E-state index is 9.70. The van der Waals surface area contributed by atoms with Gasteiger partial charge in [-0.1, -0.05) is 0 Å². The van der Waals surface area contributed by atoms with E-state index >= 15 is 0 Å². The lowest BCUT2D eigenvalue weighted by atomic mass is 10.2. The molecular weight excluding hydrogens is 218 g/mol. The van der Waals surface area contributed by atoms with Gasteiger partial charge >= 0.3 is 0 Å². The van der Waals surface area contributed by atoms with Crippen molar-refractivity contribution in [3.8, 4) is 17.6 Å². The number of hydrogen-bond donors (Lipinski definition) is 1. The molecule has 1 aromatic carbocycles. The van der Waals surface area contributed by atoms with E-state index in [1.54, 1.807) is 18.2 Å². The first-order chi connectivity index (χ1) is 8.24. The van der Waals surface area contributed by atoms with Crippen LogP contribution in [0.3, 0.4) is 0 Å². The second-order valence-electron chi connectivity index (χ2n) is 4.13. The van der Waals surface area contributed by atoms with Crippen LogP contribution in [0.4, 0.5) is 0 Å². The van der Waals surface area contributed by atoms with Gasteiger partial charge in [0.15, 0.2) is 11.5 Å². The van der Waals surface area contributed by atoms with Crippen LogP contribution in [0.5, 0.6) is 11.5 Å². The van der Waals surface area contributed by atoms with Gasteiger partial charge < -0.3 is 14.6 Å². The van der Waals surface area contributed by atoms with Gasteiger partial charge in [0.2, 0.25) is 0 Å². The summed E-state index contributed by atoms with van der Waals surface area (Å²) in [7, 11) is 1.54. The summed E-state index contributed by atoms with van der Waals surface area (Å²) in [5, 5.41) is 18.5. The van der Waals surface area contributed by atoms with Gasteiger partial charge in [-0.3, -0.25) is 0 Å². The first-order valence-corrected chi connectivity index (χ1v) is 5.67. The Bertz CT molecular complexity index is 439. The zero-order valence-corrected chi connectivity index (χ0v) is 9.72. The van der Waals surface area contributed by atoms with Crippen molar-refractivity contribution in [1.29, 1.82) is 5.26 Å².